The van der Waals surface area contributed by atoms with Crippen molar-refractivity contribution >= 4 is 5.69 Å². The van der Waals surface area contributed by atoms with Gasteiger partial charge in [0, 0.05) is 25.5 Å². The van der Waals surface area contributed by atoms with Crippen molar-refractivity contribution in [1.82, 2.24) is 4.98 Å². The Kier molecular flexibility index (Phi) is 4.75. The minimum Gasteiger partial charge on any atom is -0.487 e. The summed E-state index contributed by atoms with van der Waals surface area (Å²) in [5, 5.41) is 11.9. The third-order valence-corrected chi connectivity index (χ3v) is 2.82. The summed E-state index contributed by atoms with van der Waals surface area (Å²) in [7, 11) is 1.87. The molecule has 4 heteroatoms. The van der Waals surface area contributed by atoms with E-state index in [2.05, 4.69) is 10.3 Å². The number of aliphatic hydroxyl groups is 1. The molecule has 2 N–H and O–H groups in total. The van der Waals surface area contributed by atoms with E-state index in [4.69, 9.17) is 9.84 Å². The summed E-state index contributed by atoms with van der Waals surface area (Å²) in [6.07, 6.45) is 2.43. The van der Waals surface area contributed by atoms with Gasteiger partial charge in [-0.1, -0.05) is 12.1 Å². The Labute approximate surface area is 113 Å². The number of ether oxygens (including phenoxy) is 1. The maximum absolute atomic E-state index is 8.84. The van der Waals surface area contributed by atoms with E-state index in [-0.39, 0.29) is 6.61 Å². The lowest BCUT2D eigenvalue weighted by Gasteiger charge is -2.07. The second-order valence-electron chi connectivity index (χ2n) is 4.19. The van der Waals surface area contributed by atoms with Gasteiger partial charge in [-0.25, -0.2) is 0 Å². The first kappa shape index (κ1) is 13.4. The Morgan fingerprint density at radius 3 is 2.68 bits per heavy atom. The van der Waals surface area contributed by atoms with E-state index in [0.29, 0.717) is 13.0 Å². The van der Waals surface area contributed by atoms with Crippen molar-refractivity contribution in [3.05, 3.63) is 53.9 Å². The highest BCUT2D eigenvalue weighted by Gasteiger charge is 1.99. The number of aliphatic hydroxyl groups excluding tert-OH is 1. The van der Waals surface area contributed by atoms with Crippen molar-refractivity contribution in [2.75, 3.05) is 19.0 Å². The summed E-state index contributed by atoms with van der Waals surface area (Å²) in [5.41, 5.74) is 3.00. The second-order valence-corrected chi connectivity index (χ2v) is 4.19. The van der Waals surface area contributed by atoms with E-state index in [0.717, 1.165) is 22.7 Å². The third kappa shape index (κ3) is 3.96. The number of hydrogen-bond acceptors (Lipinski definition) is 4. The van der Waals surface area contributed by atoms with Crippen molar-refractivity contribution in [3.63, 3.8) is 0 Å². The van der Waals surface area contributed by atoms with Crippen molar-refractivity contribution < 1.29 is 9.84 Å². The average molecular weight is 258 g/mol. The van der Waals surface area contributed by atoms with Crippen LogP contribution in [0.3, 0.4) is 0 Å². The van der Waals surface area contributed by atoms with E-state index in [9.17, 15) is 0 Å². The van der Waals surface area contributed by atoms with Crippen molar-refractivity contribution in [2.24, 2.45) is 0 Å². The fourth-order valence-electron chi connectivity index (χ4n) is 1.75. The van der Waals surface area contributed by atoms with E-state index in [1.807, 2.05) is 43.4 Å². The number of pyridine rings is 1. The highest BCUT2D eigenvalue weighted by Crippen LogP contribution is 2.15. The molecule has 100 valence electrons. The highest BCUT2D eigenvalue weighted by atomic mass is 16.5. The number of aromatic nitrogens is 1. The lowest BCUT2D eigenvalue weighted by Crippen LogP contribution is -1.99. The van der Waals surface area contributed by atoms with Gasteiger partial charge in [0.15, 0.2) is 0 Å². The van der Waals surface area contributed by atoms with Gasteiger partial charge < -0.3 is 15.2 Å². The van der Waals surface area contributed by atoms with Crippen LogP contribution in [0, 0.1) is 0 Å². The van der Waals surface area contributed by atoms with E-state index >= 15 is 0 Å². The Morgan fingerprint density at radius 1 is 1.21 bits per heavy atom. The number of nitrogens with one attached hydrogen (secondary N) is 1. The first-order chi connectivity index (χ1) is 9.31. The van der Waals surface area contributed by atoms with Crippen LogP contribution < -0.4 is 10.1 Å². The Morgan fingerprint density at radius 2 is 2.00 bits per heavy atom. The molecule has 0 fully saturated rings. The van der Waals surface area contributed by atoms with Crippen LogP contribution >= 0.6 is 0 Å². The van der Waals surface area contributed by atoms with E-state index < -0.39 is 0 Å². The molecule has 1 heterocycles. The molecule has 0 atom stereocenters. The molecule has 0 unspecified atom stereocenters. The van der Waals surface area contributed by atoms with Gasteiger partial charge in [0.1, 0.15) is 12.4 Å². The second kappa shape index (κ2) is 6.75. The molecule has 1 aromatic carbocycles. The van der Waals surface area contributed by atoms with Crippen LogP contribution in [0.4, 0.5) is 5.69 Å². The first-order valence-corrected chi connectivity index (χ1v) is 6.27. The Hall–Kier alpha value is -2.07. The lowest BCUT2D eigenvalue weighted by atomic mass is 10.1. The Balaban J connectivity index is 1.94. The monoisotopic (exact) mass is 258 g/mol. The van der Waals surface area contributed by atoms with Crippen molar-refractivity contribution in [1.29, 1.82) is 0 Å². The minimum absolute atomic E-state index is 0.168. The smallest absolute Gasteiger partial charge is 0.130 e. The summed E-state index contributed by atoms with van der Waals surface area (Å²) in [6.45, 7) is 0.607. The number of rotatable bonds is 6. The summed E-state index contributed by atoms with van der Waals surface area (Å²) in [5.74, 6) is 0.804. The van der Waals surface area contributed by atoms with Gasteiger partial charge in [-0.3, -0.25) is 4.98 Å². The molecular weight excluding hydrogens is 240 g/mol. The van der Waals surface area contributed by atoms with Crippen LogP contribution in [-0.2, 0) is 13.0 Å². The van der Waals surface area contributed by atoms with Gasteiger partial charge >= 0.3 is 0 Å². The fraction of sp³-hybridized carbons (Fsp3) is 0.267. The maximum atomic E-state index is 8.84. The molecule has 0 bridgehead atoms. The molecule has 0 aliphatic heterocycles. The molecule has 0 radical (unpaired) electrons. The maximum Gasteiger partial charge on any atom is 0.130 e. The average Bonchev–Trinajstić information content (AvgIpc) is 2.47. The number of nitrogens with zero attached hydrogens (tertiary/aromatic N) is 1. The van der Waals surface area contributed by atoms with Crippen molar-refractivity contribution in [2.45, 2.75) is 13.0 Å². The van der Waals surface area contributed by atoms with Crippen LogP contribution in [0.15, 0.2) is 42.6 Å². The molecule has 4 nitrogen and oxygen atoms in total. The molecule has 0 saturated heterocycles. The largest absolute Gasteiger partial charge is 0.487 e. The molecule has 0 amide bonds. The third-order valence-electron chi connectivity index (χ3n) is 2.82. The zero-order chi connectivity index (χ0) is 13.5. The van der Waals surface area contributed by atoms with E-state index in [1.165, 1.54) is 0 Å². The SMILES string of the molecule is CNc1ccnc(COc2ccc(CCO)cc2)c1. The Bertz CT molecular complexity index is 512. The molecule has 0 saturated carbocycles. The summed E-state index contributed by atoms with van der Waals surface area (Å²) in [4.78, 5) is 4.25. The zero-order valence-corrected chi connectivity index (χ0v) is 11.0. The number of hydrogen-bond donors (Lipinski definition) is 2. The molecule has 1 aromatic heterocycles. The van der Waals surface area contributed by atoms with Gasteiger partial charge in [-0.15, -0.1) is 0 Å². The van der Waals surface area contributed by atoms with Crippen LogP contribution in [-0.4, -0.2) is 23.7 Å². The van der Waals surface area contributed by atoms with Gasteiger partial charge in [-0.05, 0) is 36.2 Å². The van der Waals surface area contributed by atoms with Crippen LogP contribution in [0.2, 0.25) is 0 Å². The summed E-state index contributed by atoms with van der Waals surface area (Å²) in [6, 6.07) is 11.6. The predicted octanol–water partition coefficient (Wildman–Crippen LogP) is 2.24. The van der Waals surface area contributed by atoms with Crippen LogP contribution in [0.1, 0.15) is 11.3 Å². The van der Waals surface area contributed by atoms with Gasteiger partial charge in [0.2, 0.25) is 0 Å². The molecule has 0 aliphatic carbocycles. The van der Waals surface area contributed by atoms with Crippen LogP contribution in [0.25, 0.3) is 0 Å². The molecule has 19 heavy (non-hydrogen) atoms. The number of anilines is 1. The number of benzene rings is 1. The molecule has 0 spiro atoms. The predicted molar refractivity (Wildman–Crippen MR) is 75.3 cm³/mol. The normalized spacial score (nSPS) is 10.2. The van der Waals surface area contributed by atoms with E-state index in [1.54, 1.807) is 6.20 Å². The van der Waals surface area contributed by atoms with Gasteiger partial charge in [0.05, 0.1) is 5.69 Å². The van der Waals surface area contributed by atoms with Crippen molar-refractivity contribution in [3.8, 4) is 5.75 Å². The summed E-state index contributed by atoms with van der Waals surface area (Å²) < 4.78 is 5.67. The van der Waals surface area contributed by atoms with Gasteiger partial charge in [0.25, 0.3) is 0 Å². The quantitative estimate of drug-likeness (QED) is 0.834. The fourth-order valence-corrected chi connectivity index (χ4v) is 1.75. The van der Waals surface area contributed by atoms with Gasteiger partial charge in [-0.2, -0.15) is 0 Å². The lowest BCUT2D eigenvalue weighted by molar-refractivity contribution is 0.297. The molecular formula is C15H18N2O2. The highest BCUT2D eigenvalue weighted by molar-refractivity contribution is 5.42. The summed E-state index contributed by atoms with van der Waals surface area (Å²) >= 11 is 0. The molecule has 2 rings (SSSR count). The van der Waals surface area contributed by atoms with Crippen LogP contribution in [0.5, 0.6) is 5.75 Å². The topological polar surface area (TPSA) is 54.4 Å². The molecule has 0 aliphatic rings. The standard InChI is InChI=1S/C15H18N2O2/c1-16-13-6-8-17-14(10-13)11-19-15-4-2-12(3-5-15)7-9-18/h2-6,8,10,18H,7,9,11H2,1H3,(H,16,17). The zero-order valence-electron chi connectivity index (χ0n) is 11.0. The molecule has 2 aromatic rings. The first-order valence-electron chi connectivity index (χ1n) is 6.27. The minimum atomic E-state index is 0.168.